The summed E-state index contributed by atoms with van der Waals surface area (Å²) >= 11 is 11.9. The summed E-state index contributed by atoms with van der Waals surface area (Å²) in [5, 5.41) is 0.596. The summed E-state index contributed by atoms with van der Waals surface area (Å²) < 4.78 is 1.92. The summed E-state index contributed by atoms with van der Waals surface area (Å²) in [7, 11) is 0. The molecule has 0 aliphatic carbocycles. The first-order valence-corrected chi connectivity index (χ1v) is 6.40. The van der Waals surface area contributed by atoms with Gasteiger partial charge in [-0.1, -0.05) is 18.5 Å². The first-order valence-electron chi connectivity index (χ1n) is 5.49. The van der Waals surface area contributed by atoms with Crippen molar-refractivity contribution in [1.82, 2.24) is 14.5 Å². The monoisotopic (exact) mass is 269 g/mol. The second-order valence-electron chi connectivity index (χ2n) is 3.75. The lowest BCUT2D eigenvalue weighted by Crippen LogP contribution is -2.03. The zero-order valence-electron chi connectivity index (χ0n) is 9.53. The van der Waals surface area contributed by atoms with E-state index in [1.807, 2.05) is 16.8 Å². The van der Waals surface area contributed by atoms with Crippen LogP contribution in [-0.4, -0.2) is 14.5 Å². The van der Waals surface area contributed by atoms with E-state index in [1.165, 1.54) is 0 Å². The van der Waals surface area contributed by atoms with Crippen LogP contribution in [0.15, 0.2) is 24.7 Å². The van der Waals surface area contributed by atoms with Gasteiger partial charge in [0.25, 0.3) is 0 Å². The minimum atomic E-state index is 0.415. The maximum Gasteiger partial charge on any atom is 0.156 e. The van der Waals surface area contributed by atoms with Gasteiger partial charge in [-0.05, 0) is 18.1 Å². The van der Waals surface area contributed by atoms with Crippen molar-refractivity contribution in [3.8, 4) is 5.82 Å². The number of pyridine rings is 1. The molecule has 0 saturated carbocycles. The van der Waals surface area contributed by atoms with Crippen LogP contribution >= 0.6 is 23.2 Å². The first kappa shape index (κ1) is 12.4. The molecule has 0 amide bonds. The summed E-state index contributed by atoms with van der Waals surface area (Å²) in [6.45, 7) is 2.12. The maximum atomic E-state index is 6.20. The quantitative estimate of drug-likeness (QED) is 0.794. The van der Waals surface area contributed by atoms with Crippen molar-refractivity contribution < 1.29 is 0 Å². The zero-order chi connectivity index (χ0) is 12.3. The molecule has 2 aromatic heterocycles. The van der Waals surface area contributed by atoms with Crippen molar-refractivity contribution in [2.24, 2.45) is 0 Å². The van der Waals surface area contributed by atoms with E-state index in [0.29, 0.717) is 16.7 Å². The lowest BCUT2D eigenvalue weighted by atomic mass is 10.3. The molecule has 3 nitrogen and oxygen atoms in total. The molecule has 2 rings (SSSR count). The highest BCUT2D eigenvalue weighted by atomic mass is 35.5. The number of halogens is 2. The molecule has 0 aromatic carbocycles. The summed E-state index contributed by atoms with van der Waals surface area (Å²) in [5.74, 6) is 2.10. The van der Waals surface area contributed by atoms with Crippen LogP contribution in [0.5, 0.6) is 0 Å². The molecule has 0 fully saturated rings. The maximum absolute atomic E-state index is 6.20. The predicted molar refractivity (Wildman–Crippen MR) is 69.9 cm³/mol. The smallest absolute Gasteiger partial charge is 0.156 e. The van der Waals surface area contributed by atoms with E-state index in [2.05, 4.69) is 16.9 Å². The Balaban J connectivity index is 2.42. The van der Waals surface area contributed by atoms with Crippen LogP contribution in [0, 0.1) is 0 Å². The van der Waals surface area contributed by atoms with Gasteiger partial charge in [-0.25, -0.2) is 9.97 Å². The Labute approximate surface area is 110 Å². The Morgan fingerprint density at radius 3 is 2.82 bits per heavy atom. The van der Waals surface area contributed by atoms with E-state index >= 15 is 0 Å². The SMILES string of the molecule is CCCc1nccn1-c1ncc(CCl)cc1Cl. The number of hydrogen-bond donors (Lipinski definition) is 0. The second kappa shape index (κ2) is 5.52. The number of imidazole rings is 1. The van der Waals surface area contributed by atoms with Gasteiger partial charge in [-0.2, -0.15) is 0 Å². The molecule has 0 aliphatic rings. The fourth-order valence-electron chi connectivity index (χ4n) is 1.66. The molecule has 2 heterocycles. The zero-order valence-corrected chi connectivity index (χ0v) is 11.0. The molecule has 0 unspecified atom stereocenters. The third-order valence-electron chi connectivity index (χ3n) is 2.45. The van der Waals surface area contributed by atoms with Gasteiger partial charge in [0.05, 0.1) is 5.02 Å². The molecular weight excluding hydrogens is 257 g/mol. The number of alkyl halides is 1. The van der Waals surface area contributed by atoms with Crippen LogP contribution in [-0.2, 0) is 12.3 Å². The van der Waals surface area contributed by atoms with Gasteiger partial charge in [-0.15, -0.1) is 11.6 Å². The van der Waals surface area contributed by atoms with Crippen LogP contribution in [0.1, 0.15) is 24.7 Å². The largest absolute Gasteiger partial charge is 0.287 e. The minimum absolute atomic E-state index is 0.415. The topological polar surface area (TPSA) is 30.7 Å². The molecule has 2 aromatic rings. The third kappa shape index (κ3) is 2.61. The molecule has 17 heavy (non-hydrogen) atoms. The Hall–Kier alpha value is -1.06. The Morgan fingerprint density at radius 2 is 2.18 bits per heavy atom. The highest BCUT2D eigenvalue weighted by molar-refractivity contribution is 6.32. The van der Waals surface area contributed by atoms with Crippen LogP contribution < -0.4 is 0 Å². The summed E-state index contributed by atoms with van der Waals surface area (Å²) in [5.41, 5.74) is 0.914. The van der Waals surface area contributed by atoms with Crippen LogP contribution in [0.2, 0.25) is 5.02 Å². The lowest BCUT2D eigenvalue weighted by molar-refractivity contribution is 0.798. The normalized spacial score (nSPS) is 10.8. The fourth-order valence-corrected chi connectivity index (χ4v) is 2.08. The molecule has 5 heteroatoms. The van der Waals surface area contributed by atoms with E-state index in [9.17, 15) is 0 Å². The van der Waals surface area contributed by atoms with Crippen molar-refractivity contribution in [2.75, 3.05) is 0 Å². The summed E-state index contributed by atoms with van der Waals surface area (Å²) in [4.78, 5) is 8.65. The number of rotatable bonds is 4. The number of nitrogens with zero attached hydrogens (tertiary/aromatic N) is 3. The Kier molecular flexibility index (Phi) is 4.02. The van der Waals surface area contributed by atoms with Gasteiger partial charge in [0.2, 0.25) is 0 Å². The lowest BCUT2D eigenvalue weighted by Gasteiger charge is -2.08. The Bertz CT molecular complexity index is 508. The molecule has 0 aliphatic heterocycles. The number of aryl methyl sites for hydroxylation is 1. The van der Waals surface area contributed by atoms with Crippen molar-refractivity contribution in [1.29, 1.82) is 0 Å². The highest BCUT2D eigenvalue weighted by Crippen LogP contribution is 2.21. The van der Waals surface area contributed by atoms with Crippen LogP contribution in [0.25, 0.3) is 5.82 Å². The van der Waals surface area contributed by atoms with E-state index in [4.69, 9.17) is 23.2 Å². The van der Waals surface area contributed by atoms with Crippen LogP contribution in [0.4, 0.5) is 0 Å². The Morgan fingerprint density at radius 1 is 1.35 bits per heavy atom. The van der Waals surface area contributed by atoms with E-state index in [-0.39, 0.29) is 0 Å². The second-order valence-corrected chi connectivity index (χ2v) is 4.42. The van der Waals surface area contributed by atoms with Gasteiger partial charge >= 0.3 is 0 Å². The highest BCUT2D eigenvalue weighted by Gasteiger charge is 2.09. The fraction of sp³-hybridized carbons (Fsp3) is 0.333. The van der Waals surface area contributed by atoms with Crippen molar-refractivity contribution in [2.45, 2.75) is 25.6 Å². The molecular formula is C12H13Cl2N3. The van der Waals surface area contributed by atoms with Crippen molar-refractivity contribution in [3.63, 3.8) is 0 Å². The summed E-state index contributed by atoms with van der Waals surface area (Å²) in [6.07, 6.45) is 7.32. The third-order valence-corrected chi connectivity index (χ3v) is 3.04. The molecule has 0 N–H and O–H groups in total. The molecule has 0 atom stereocenters. The summed E-state index contributed by atoms with van der Waals surface area (Å²) in [6, 6.07) is 1.84. The van der Waals surface area contributed by atoms with Gasteiger partial charge in [0, 0.05) is 30.9 Å². The number of hydrogen-bond acceptors (Lipinski definition) is 2. The molecule has 90 valence electrons. The van der Waals surface area contributed by atoms with Crippen molar-refractivity contribution in [3.05, 3.63) is 41.1 Å². The molecule has 0 bridgehead atoms. The van der Waals surface area contributed by atoms with Gasteiger partial charge in [0.1, 0.15) is 5.82 Å². The van der Waals surface area contributed by atoms with Gasteiger partial charge in [0.15, 0.2) is 5.82 Å². The van der Waals surface area contributed by atoms with Gasteiger partial charge < -0.3 is 0 Å². The predicted octanol–water partition coefficient (Wildman–Crippen LogP) is 3.61. The number of aromatic nitrogens is 3. The molecule has 0 spiro atoms. The van der Waals surface area contributed by atoms with Crippen LogP contribution in [0.3, 0.4) is 0 Å². The average Bonchev–Trinajstić information content (AvgIpc) is 2.77. The van der Waals surface area contributed by atoms with E-state index < -0.39 is 0 Å². The van der Waals surface area contributed by atoms with E-state index in [1.54, 1.807) is 12.4 Å². The molecule has 0 radical (unpaired) electrons. The van der Waals surface area contributed by atoms with E-state index in [0.717, 1.165) is 24.2 Å². The van der Waals surface area contributed by atoms with Gasteiger partial charge in [-0.3, -0.25) is 4.57 Å². The average molecular weight is 270 g/mol. The standard InChI is InChI=1S/C12H13Cl2N3/c1-2-3-11-15-4-5-17(11)12-10(14)6-9(7-13)8-16-12/h4-6,8H,2-3,7H2,1H3. The first-order chi connectivity index (χ1) is 8.26. The minimum Gasteiger partial charge on any atom is -0.287 e. The molecule has 0 saturated heterocycles. The van der Waals surface area contributed by atoms with Crippen molar-refractivity contribution >= 4 is 23.2 Å².